The molecule has 0 bridgehead atoms. The maximum Gasteiger partial charge on any atom is 0.221 e. The highest BCUT2D eigenvalue weighted by Gasteiger charge is 2.26. The van der Waals surface area contributed by atoms with Gasteiger partial charge in [0.05, 0.1) is 12.7 Å². The van der Waals surface area contributed by atoms with Crippen molar-refractivity contribution >= 4 is 0 Å². The summed E-state index contributed by atoms with van der Waals surface area (Å²) in [4.78, 5) is 12.6. The van der Waals surface area contributed by atoms with Gasteiger partial charge in [0, 0.05) is 29.4 Å². The molecule has 2 aromatic carbocycles. The average molecular weight is 502 g/mol. The van der Waals surface area contributed by atoms with E-state index in [9.17, 15) is 0 Å². The second kappa shape index (κ2) is 12.7. The van der Waals surface area contributed by atoms with Crippen LogP contribution in [0.15, 0.2) is 42.5 Å². The van der Waals surface area contributed by atoms with E-state index in [0.29, 0.717) is 25.1 Å². The lowest BCUT2D eigenvalue weighted by atomic mass is 9.87. The molecule has 0 saturated carbocycles. The third-order valence-corrected chi connectivity index (χ3v) is 7.45. The number of benzene rings is 2. The number of aryl methyl sites for hydroxylation is 4. The molecule has 1 unspecified atom stereocenters. The van der Waals surface area contributed by atoms with Gasteiger partial charge in [-0.2, -0.15) is 4.98 Å². The molecule has 1 heterocycles. The van der Waals surface area contributed by atoms with Crippen molar-refractivity contribution in [2.45, 2.75) is 85.4 Å². The highest BCUT2D eigenvalue weighted by atomic mass is 16.5. The van der Waals surface area contributed by atoms with E-state index in [1.807, 2.05) is 13.8 Å². The van der Waals surface area contributed by atoms with Gasteiger partial charge < -0.3 is 9.47 Å². The van der Waals surface area contributed by atoms with Gasteiger partial charge >= 0.3 is 0 Å². The van der Waals surface area contributed by atoms with Gasteiger partial charge in [0.15, 0.2) is 5.82 Å². The summed E-state index contributed by atoms with van der Waals surface area (Å²) < 4.78 is 12.1. The molecule has 1 aliphatic carbocycles. The highest BCUT2D eigenvalue weighted by Crippen LogP contribution is 2.36. The number of hydrogen-bond donors (Lipinski definition) is 0. The van der Waals surface area contributed by atoms with Crippen LogP contribution in [0.5, 0.6) is 5.88 Å². The van der Waals surface area contributed by atoms with E-state index in [-0.39, 0.29) is 6.10 Å². The Morgan fingerprint density at radius 3 is 2.41 bits per heavy atom. The third kappa shape index (κ3) is 6.39. The molecule has 4 rings (SSSR count). The maximum atomic E-state index is 6.33. The molecule has 5 nitrogen and oxygen atoms in total. The van der Waals surface area contributed by atoms with Crippen molar-refractivity contribution in [3.05, 3.63) is 76.0 Å². The Balaban J connectivity index is 1.69. The summed E-state index contributed by atoms with van der Waals surface area (Å²) in [7, 11) is 2.22. The van der Waals surface area contributed by atoms with Crippen LogP contribution in [0.25, 0.3) is 11.4 Å². The molecular formula is C32H43N3O2. The van der Waals surface area contributed by atoms with Crippen LogP contribution in [0.3, 0.4) is 0 Å². The van der Waals surface area contributed by atoms with E-state index >= 15 is 0 Å². The van der Waals surface area contributed by atoms with E-state index in [2.05, 4.69) is 75.2 Å². The zero-order chi connectivity index (χ0) is 26.4. The van der Waals surface area contributed by atoms with Gasteiger partial charge in [-0.3, -0.25) is 4.90 Å². The quantitative estimate of drug-likeness (QED) is 0.268. The predicted molar refractivity (Wildman–Crippen MR) is 151 cm³/mol. The van der Waals surface area contributed by atoms with E-state index in [4.69, 9.17) is 19.4 Å². The Morgan fingerprint density at radius 1 is 0.973 bits per heavy atom. The molecule has 1 aromatic heterocycles. The van der Waals surface area contributed by atoms with Crippen LogP contribution in [-0.4, -0.2) is 41.2 Å². The van der Waals surface area contributed by atoms with Crippen LogP contribution in [0.2, 0.25) is 0 Å². The van der Waals surface area contributed by atoms with Crippen LogP contribution < -0.4 is 4.74 Å². The second-order valence-corrected chi connectivity index (χ2v) is 10.4. The monoisotopic (exact) mass is 501 g/mol. The molecule has 0 radical (unpaired) electrons. The number of hydrogen-bond acceptors (Lipinski definition) is 5. The number of fused-ring (bicyclic) bond motifs is 1. The summed E-state index contributed by atoms with van der Waals surface area (Å²) in [6.07, 6.45) is 5.59. The molecule has 37 heavy (non-hydrogen) atoms. The molecule has 1 aliphatic rings. The Bertz CT molecular complexity index is 1170. The SMILES string of the molecule is CCc1cccc(CC)c1-c1nc(C)c(CN(C)C2CCCc3ccccc32)c(OCCOC(C)C)n1. The average Bonchev–Trinajstić information content (AvgIpc) is 2.91. The van der Waals surface area contributed by atoms with Gasteiger partial charge in [0.2, 0.25) is 5.88 Å². The van der Waals surface area contributed by atoms with Gasteiger partial charge in [-0.05, 0) is 82.2 Å². The van der Waals surface area contributed by atoms with Crippen LogP contribution in [0.4, 0.5) is 0 Å². The fraction of sp³-hybridized carbons (Fsp3) is 0.500. The van der Waals surface area contributed by atoms with Crippen molar-refractivity contribution in [2.75, 3.05) is 20.3 Å². The zero-order valence-corrected chi connectivity index (χ0v) is 23.5. The highest BCUT2D eigenvalue weighted by molar-refractivity contribution is 5.66. The molecule has 0 saturated heterocycles. The standard InChI is InChI=1S/C32H43N3O2/c1-7-24-14-11-15-25(8-2)30(24)31-33-23(5)28(32(34-31)37-20-19-36-22(3)4)21-35(6)29-18-12-16-26-13-9-10-17-27(26)29/h9-11,13-15,17,22,29H,7-8,12,16,18-21H2,1-6H3. The zero-order valence-electron chi connectivity index (χ0n) is 23.5. The Morgan fingerprint density at radius 2 is 1.70 bits per heavy atom. The first-order valence-corrected chi connectivity index (χ1v) is 13.9. The van der Waals surface area contributed by atoms with Gasteiger partial charge in [-0.1, -0.05) is 56.3 Å². The molecule has 0 spiro atoms. The molecule has 5 heteroatoms. The van der Waals surface area contributed by atoms with E-state index < -0.39 is 0 Å². The Hall–Kier alpha value is -2.76. The smallest absolute Gasteiger partial charge is 0.221 e. The summed E-state index contributed by atoms with van der Waals surface area (Å²) in [5.41, 5.74) is 8.66. The number of nitrogens with zero attached hydrogens (tertiary/aromatic N) is 3. The topological polar surface area (TPSA) is 47.5 Å². The molecule has 0 aliphatic heterocycles. The fourth-order valence-electron chi connectivity index (χ4n) is 5.48. The van der Waals surface area contributed by atoms with Crippen molar-refractivity contribution in [1.29, 1.82) is 0 Å². The largest absolute Gasteiger partial charge is 0.475 e. The Kier molecular flexibility index (Phi) is 9.33. The second-order valence-electron chi connectivity index (χ2n) is 10.4. The number of aromatic nitrogens is 2. The minimum Gasteiger partial charge on any atom is -0.475 e. The van der Waals surface area contributed by atoms with E-state index in [1.54, 1.807) is 0 Å². The van der Waals surface area contributed by atoms with Crippen LogP contribution >= 0.6 is 0 Å². The summed E-state index contributed by atoms with van der Waals surface area (Å²) in [6, 6.07) is 15.8. The van der Waals surface area contributed by atoms with Crippen LogP contribution in [0.1, 0.15) is 80.1 Å². The van der Waals surface area contributed by atoms with E-state index in [0.717, 1.165) is 54.9 Å². The summed E-state index contributed by atoms with van der Waals surface area (Å²) in [6.45, 7) is 12.3. The molecular weight excluding hydrogens is 458 g/mol. The van der Waals surface area contributed by atoms with Gasteiger partial charge in [-0.15, -0.1) is 0 Å². The normalized spacial score (nSPS) is 15.3. The third-order valence-electron chi connectivity index (χ3n) is 7.45. The minimum absolute atomic E-state index is 0.173. The lowest BCUT2D eigenvalue weighted by Gasteiger charge is -2.33. The first kappa shape index (κ1) is 27.3. The minimum atomic E-state index is 0.173. The summed E-state index contributed by atoms with van der Waals surface area (Å²) in [5, 5.41) is 0. The van der Waals surface area contributed by atoms with Crippen molar-refractivity contribution < 1.29 is 9.47 Å². The van der Waals surface area contributed by atoms with Crippen LogP contribution in [-0.2, 0) is 30.5 Å². The first-order chi connectivity index (χ1) is 17.9. The molecule has 0 amide bonds. The Labute approximate surface area is 223 Å². The van der Waals surface area contributed by atoms with Gasteiger partial charge in [-0.25, -0.2) is 4.98 Å². The molecule has 198 valence electrons. The lowest BCUT2D eigenvalue weighted by Crippen LogP contribution is -2.28. The predicted octanol–water partition coefficient (Wildman–Crippen LogP) is 6.89. The number of ether oxygens (including phenoxy) is 2. The molecule has 0 fully saturated rings. The van der Waals surface area contributed by atoms with Crippen molar-refractivity contribution in [1.82, 2.24) is 14.9 Å². The maximum absolute atomic E-state index is 6.33. The van der Waals surface area contributed by atoms with Crippen molar-refractivity contribution in [3.8, 4) is 17.3 Å². The first-order valence-electron chi connectivity index (χ1n) is 13.9. The molecule has 0 N–H and O–H groups in total. The summed E-state index contributed by atoms with van der Waals surface area (Å²) in [5.74, 6) is 1.44. The van der Waals surface area contributed by atoms with Crippen LogP contribution in [0, 0.1) is 6.92 Å². The fourth-order valence-corrected chi connectivity index (χ4v) is 5.48. The van der Waals surface area contributed by atoms with Gasteiger partial charge in [0.25, 0.3) is 0 Å². The van der Waals surface area contributed by atoms with Crippen molar-refractivity contribution in [2.24, 2.45) is 0 Å². The lowest BCUT2D eigenvalue weighted by molar-refractivity contribution is 0.0537. The number of rotatable bonds is 11. The molecule has 1 atom stereocenters. The summed E-state index contributed by atoms with van der Waals surface area (Å²) >= 11 is 0. The van der Waals surface area contributed by atoms with E-state index in [1.165, 1.54) is 28.7 Å². The van der Waals surface area contributed by atoms with Crippen molar-refractivity contribution in [3.63, 3.8) is 0 Å². The van der Waals surface area contributed by atoms with Gasteiger partial charge in [0.1, 0.15) is 6.61 Å². The molecule has 3 aromatic rings.